The van der Waals surface area contributed by atoms with Crippen molar-refractivity contribution >= 4 is 14.1 Å². The topological polar surface area (TPSA) is 26.0 Å². The van der Waals surface area contributed by atoms with Crippen molar-refractivity contribution in [1.29, 1.82) is 0 Å². The lowest BCUT2D eigenvalue weighted by molar-refractivity contribution is 0.998. The molecular weight excluding hydrogens is 89.0 g/mol. The minimum Gasteiger partial charge on any atom is -0.341 e. The minimum atomic E-state index is -0.466. The van der Waals surface area contributed by atoms with E-state index in [1.54, 1.807) is 0 Å². The fourth-order valence-electron chi connectivity index (χ4n) is 0. The number of nitrogens with two attached hydrogens (primary N) is 1. The van der Waals surface area contributed by atoms with Crippen LogP contribution in [0.4, 0.5) is 0 Å². The molecule has 1 unspecified atom stereocenters. The summed E-state index contributed by atoms with van der Waals surface area (Å²) < 4.78 is 0. The van der Waals surface area contributed by atoms with Gasteiger partial charge in [0.1, 0.15) is 0 Å². The van der Waals surface area contributed by atoms with E-state index in [4.69, 9.17) is 5.73 Å². The molecule has 0 fully saturated rings. The smallest absolute Gasteiger partial charge is 0.278 e. The van der Waals surface area contributed by atoms with Gasteiger partial charge in [0.15, 0.2) is 0 Å². The molecule has 1 nitrogen and oxygen atoms in total. The van der Waals surface area contributed by atoms with Crippen LogP contribution in [0.25, 0.3) is 0 Å². The molecule has 0 bridgehead atoms. The van der Waals surface area contributed by atoms with E-state index in [-0.39, 0.29) is 0 Å². The van der Waals surface area contributed by atoms with Gasteiger partial charge < -0.3 is 5.73 Å². The van der Waals surface area contributed by atoms with Crippen molar-refractivity contribution in [3.05, 3.63) is 0 Å². The van der Waals surface area contributed by atoms with Gasteiger partial charge in [-0.05, 0) is 4.90 Å². The zero-order chi connectivity index (χ0) is 5.15. The molecule has 0 aliphatic heterocycles. The minimum absolute atomic E-state index is 0.466. The van der Waals surface area contributed by atoms with Crippen molar-refractivity contribution in [1.82, 2.24) is 0 Å². The Balaban J connectivity index is 2.99. The first-order valence-corrected chi connectivity index (χ1v) is 5.37. The molecule has 36 valence electrons. The highest BCUT2D eigenvalue weighted by molar-refractivity contribution is 6.57. The predicted molar refractivity (Wildman–Crippen MR) is 31.1 cm³/mol. The van der Waals surface area contributed by atoms with E-state index >= 15 is 0 Å². The average molecular weight is 101 g/mol. The summed E-state index contributed by atoms with van der Waals surface area (Å²) in [7, 11) is 0. The largest absolute Gasteiger partial charge is 0.341 e. The van der Waals surface area contributed by atoms with Gasteiger partial charge in [-0.25, -0.2) is 0 Å². The molecule has 0 aromatic heterocycles. The second-order valence-corrected chi connectivity index (χ2v) is 5.64. The Morgan fingerprint density at radius 3 is 1.67 bits per heavy atom. The third-order valence-corrected chi connectivity index (χ3v) is 3.15. The summed E-state index contributed by atoms with van der Waals surface area (Å²) in [5, 5.41) is 0. The van der Waals surface area contributed by atoms with Gasteiger partial charge in [-0.3, -0.25) is 0 Å². The molecule has 6 heavy (non-hydrogen) atoms. The summed E-state index contributed by atoms with van der Waals surface area (Å²) in [5.74, 6) is 4.51. The molecule has 0 amide bonds. The first-order chi connectivity index (χ1) is 2.64. The van der Waals surface area contributed by atoms with Gasteiger partial charge in [0, 0.05) is 0 Å². The third-order valence-electron chi connectivity index (χ3n) is 1.05. The average Bonchev–Trinajstić information content (AvgIpc) is 1.36. The van der Waals surface area contributed by atoms with Gasteiger partial charge in [-0.1, -0.05) is 6.92 Å². The summed E-state index contributed by atoms with van der Waals surface area (Å²) in [6.45, 7) is 2.08. The molecule has 0 aliphatic rings. The highest BCUT2D eigenvalue weighted by atomic mass is 27.2. The molecule has 0 aromatic rings. The van der Waals surface area contributed by atoms with E-state index in [9.17, 15) is 0 Å². The molecule has 0 rings (SSSR count). The maximum atomic E-state index is 5.50. The number of hydrogen-bond donors (Lipinski definition) is 1. The zero-order valence-electron chi connectivity index (χ0n) is 4.73. The van der Waals surface area contributed by atoms with Gasteiger partial charge in [0.2, 0.25) is 0 Å². The highest BCUT2D eigenvalue weighted by Gasteiger charge is 2.05. The summed E-state index contributed by atoms with van der Waals surface area (Å²) in [4.78, 5) is 0.491. The van der Waals surface area contributed by atoms with Crippen LogP contribution < -0.4 is 5.73 Å². The van der Waals surface area contributed by atoms with E-state index in [1.165, 1.54) is 0 Å². The zero-order valence-corrected chi connectivity index (χ0v) is 5.89. The third kappa shape index (κ3) is 2.72. The maximum Gasteiger partial charge on any atom is 0.278 e. The van der Waals surface area contributed by atoms with Crippen LogP contribution >= 0.6 is 0 Å². The molecule has 0 aromatic carbocycles. The molecular formula is C4H12AlN. The number of hydrogen-bond acceptors (Lipinski definition) is 1. The van der Waals surface area contributed by atoms with Crippen molar-refractivity contribution in [2.75, 3.05) is 0 Å². The van der Waals surface area contributed by atoms with Crippen LogP contribution in [0.2, 0.25) is 11.6 Å². The summed E-state index contributed by atoms with van der Waals surface area (Å²) in [6, 6.07) is 0. The molecule has 0 saturated carbocycles. The van der Waals surface area contributed by atoms with E-state index in [2.05, 4.69) is 18.5 Å². The van der Waals surface area contributed by atoms with E-state index < -0.39 is 14.1 Å². The van der Waals surface area contributed by atoms with E-state index in [0.717, 1.165) is 0 Å². The van der Waals surface area contributed by atoms with Crippen LogP contribution in [-0.2, 0) is 0 Å². The van der Waals surface area contributed by atoms with Gasteiger partial charge in [0.25, 0.3) is 14.1 Å². The molecule has 2 N–H and O–H groups in total. The van der Waals surface area contributed by atoms with Crippen molar-refractivity contribution < 1.29 is 0 Å². The van der Waals surface area contributed by atoms with Gasteiger partial charge in [-0.2, -0.15) is 0 Å². The Bertz CT molecular complexity index is 28.5. The molecule has 0 spiro atoms. The normalized spacial score (nSPS) is 14.0. The quantitative estimate of drug-likeness (QED) is 0.481. The molecule has 0 heterocycles. The van der Waals surface area contributed by atoms with Crippen LogP contribution in [0.15, 0.2) is 0 Å². The van der Waals surface area contributed by atoms with Crippen molar-refractivity contribution in [3.8, 4) is 0 Å². The maximum absolute atomic E-state index is 5.50. The second-order valence-electron chi connectivity index (χ2n) is 2.10. The van der Waals surface area contributed by atoms with E-state index in [1.807, 2.05) is 0 Å². The standard InChI is InChI=1S/C2H6N.2CH3.Al/c1-2-3;;;/h2H,3H2,1H3;2*1H3;. The van der Waals surface area contributed by atoms with Crippen LogP contribution in [0.5, 0.6) is 0 Å². The monoisotopic (exact) mass is 101 g/mol. The Hall–Kier alpha value is 0.492. The van der Waals surface area contributed by atoms with Crippen molar-refractivity contribution in [2.24, 2.45) is 5.73 Å². The first kappa shape index (κ1) is 6.49. The van der Waals surface area contributed by atoms with Crippen molar-refractivity contribution in [2.45, 2.75) is 23.4 Å². The van der Waals surface area contributed by atoms with Gasteiger partial charge >= 0.3 is 0 Å². The molecule has 0 saturated heterocycles. The molecule has 0 radical (unpaired) electrons. The Morgan fingerprint density at radius 2 is 1.67 bits per heavy atom. The van der Waals surface area contributed by atoms with Crippen LogP contribution in [0, 0.1) is 0 Å². The summed E-state index contributed by atoms with van der Waals surface area (Å²) in [6.07, 6.45) is 0. The van der Waals surface area contributed by atoms with Crippen molar-refractivity contribution in [3.63, 3.8) is 0 Å². The van der Waals surface area contributed by atoms with E-state index in [0.29, 0.717) is 4.90 Å². The van der Waals surface area contributed by atoms with Gasteiger partial charge in [0.05, 0.1) is 0 Å². The summed E-state index contributed by atoms with van der Waals surface area (Å²) in [5.41, 5.74) is 5.50. The second kappa shape index (κ2) is 2.63. The Morgan fingerprint density at radius 1 is 1.50 bits per heavy atom. The Kier molecular flexibility index (Phi) is 2.85. The Labute approximate surface area is 43.9 Å². The van der Waals surface area contributed by atoms with Crippen LogP contribution in [0.1, 0.15) is 6.92 Å². The highest BCUT2D eigenvalue weighted by Crippen LogP contribution is 1.81. The van der Waals surface area contributed by atoms with Gasteiger partial charge in [-0.15, -0.1) is 11.6 Å². The van der Waals surface area contributed by atoms with Crippen LogP contribution in [0.3, 0.4) is 0 Å². The lowest BCUT2D eigenvalue weighted by Crippen LogP contribution is -2.29. The van der Waals surface area contributed by atoms with Crippen LogP contribution in [-0.4, -0.2) is 19.1 Å². The molecule has 0 aliphatic carbocycles. The molecule has 1 atom stereocenters. The first-order valence-electron chi connectivity index (χ1n) is 2.40. The fourth-order valence-corrected chi connectivity index (χ4v) is 0. The SMILES string of the molecule is C[CH](N)[Al]([CH3])[CH3]. The molecule has 2 heteroatoms. The fraction of sp³-hybridized carbons (Fsp3) is 1.00. The lowest BCUT2D eigenvalue weighted by atomic mass is 10.8. The predicted octanol–water partition coefficient (Wildman–Crippen LogP) is 0.627. The number of rotatable bonds is 1. The lowest BCUT2D eigenvalue weighted by Gasteiger charge is -1.99. The summed E-state index contributed by atoms with van der Waals surface area (Å²) >= 11 is -0.466.